The summed E-state index contributed by atoms with van der Waals surface area (Å²) in [6.45, 7) is 11.0. The summed E-state index contributed by atoms with van der Waals surface area (Å²) in [6.07, 6.45) is 1.58. The largest absolute Gasteiger partial charge is 0.494 e. The van der Waals surface area contributed by atoms with Crippen molar-refractivity contribution in [3.8, 4) is 28.6 Å². The Morgan fingerprint density at radius 2 is 1.65 bits per heavy atom. The van der Waals surface area contributed by atoms with Crippen LogP contribution in [0.2, 0.25) is 0 Å². The van der Waals surface area contributed by atoms with Gasteiger partial charge in [0.2, 0.25) is 0 Å². The summed E-state index contributed by atoms with van der Waals surface area (Å²) >= 11 is 7.29. The van der Waals surface area contributed by atoms with Gasteiger partial charge in [0.05, 0.1) is 39.7 Å². The smallest absolute Gasteiger partial charge is 0.282 e. The number of benzene rings is 4. The predicted molar refractivity (Wildman–Crippen MR) is 195 cm³/mol. The highest BCUT2D eigenvalue weighted by Crippen LogP contribution is 2.43. The number of nitro benzene ring substituents is 1. The van der Waals surface area contributed by atoms with Crippen molar-refractivity contribution < 1.29 is 19.1 Å². The second-order valence-electron chi connectivity index (χ2n) is 11.2. The SMILES string of the molecule is CCOc1cc(C)c(-c2nc3ccccc3c(=O)n2N=Cc2cc(OCC)c(OCc3ccc([N+](=O)[O-])cc3)c(Br)c2Br)cc1C(C)C. The number of aromatic nitrogens is 2. The Balaban J connectivity index is 1.60. The normalized spacial score (nSPS) is 11.4. The van der Waals surface area contributed by atoms with Gasteiger partial charge in [-0.3, -0.25) is 14.9 Å². The maximum Gasteiger partial charge on any atom is 0.282 e. The minimum atomic E-state index is -0.445. The molecule has 0 aliphatic heterocycles. The van der Waals surface area contributed by atoms with E-state index in [1.165, 1.54) is 16.8 Å². The van der Waals surface area contributed by atoms with E-state index in [2.05, 4.69) is 45.7 Å². The van der Waals surface area contributed by atoms with Crippen molar-refractivity contribution in [1.29, 1.82) is 0 Å². The van der Waals surface area contributed by atoms with Gasteiger partial charge in [0.25, 0.3) is 11.2 Å². The van der Waals surface area contributed by atoms with E-state index in [1.807, 2.05) is 45.0 Å². The molecule has 0 atom stereocenters. The van der Waals surface area contributed by atoms with E-state index in [0.29, 0.717) is 55.9 Å². The molecule has 1 heterocycles. The molecule has 5 aromatic rings. The maximum atomic E-state index is 14.0. The molecule has 0 radical (unpaired) electrons. The molecule has 12 heteroatoms. The third kappa shape index (κ3) is 7.29. The zero-order valence-corrected chi connectivity index (χ0v) is 30.3. The van der Waals surface area contributed by atoms with Crippen LogP contribution >= 0.6 is 31.9 Å². The van der Waals surface area contributed by atoms with Crippen LogP contribution in [0.25, 0.3) is 22.3 Å². The van der Waals surface area contributed by atoms with E-state index >= 15 is 0 Å². The Bertz CT molecular complexity index is 2080. The minimum absolute atomic E-state index is 0.00300. The minimum Gasteiger partial charge on any atom is -0.494 e. The van der Waals surface area contributed by atoms with Crippen LogP contribution in [0.4, 0.5) is 5.69 Å². The maximum absolute atomic E-state index is 14.0. The van der Waals surface area contributed by atoms with Crippen LogP contribution in [0.15, 0.2) is 85.6 Å². The molecule has 0 aliphatic rings. The number of rotatable bonds is 12. The third-order valence-electron chi connectivity index (χ3n) is 7.57. The molecule has 0 amide bonds. The van der Waals surface area contributed by atoms with Gasteiger partial charge in [-0.1, -0.05) is 26.0 Å². The van der Waals surface area contributed by atoms with Crippen molar-refractivity contribution >= 4 is 54.7 Å². The average molecular weight is 778 g/mol. The molecule has 4 aromatic carbocycles. The molecule has 0 saturated heterocycles. The highest BCUT2D eigenvalue weighted by atomic mass is 79.9. The molecule has 0 bridgehead atoms. The first-order valence-corrected chi connectivity index (χ1v) is 17.0. The van der Waals surface area contributed by atoms with Crippen molar-refractivity contribution in [3.05, 3.63) is 118 Å². The van der Waals surface area contributed by atoms with Crippen LogP contribution in [-0.2, 0) is 6.61 Å². The van der Waals surface area contributed by atoms with E-state index in [-0.39, 0.29) is 23.8 Å². The number of hydrogen-bond acceptors (Lipinski definition) is 8. The Morgan fingerprint density at radius 3 is 2.31 bits per heavy atom. The number of nitro groups is 1. The van der Waals surface area contributed by atoms with Crippen molar-refractivity contribution in [2.75, 3.05) is 13.2 Å². The highest BCUT2D eigenvalue weighted by Gasteiger charge is 2.20. The Labute approximate surface area is 294 Å². The van der Waals surface area contributed by atoms with E-state index in [4.69, 9.17) is 24.3 Å². The molecule has 0 unspecified atom stereocenters. The fourth-order valence-corrected chi connectivity index (χ4v) is 6.10. The quantitative estimate of drug-likeness (QED) is 0.0704. The summed E-state index contributed by atoms with van der Waals surface area (Å²) < 4.78 is 20.5. The molecule has 0 saturated carbocycles. The zero-order chi connectivity index (χ0) is 34.5. The lowest BCUT2D eigenvalue weighted by Gasteiger charge is -2.18. The number of aryl methyl sites for hydroxylation is 1. The summed E-state index contributed by atoms with van der Waals surface area (Å²) in [6, 6.07) is 19.2. The molecule has 0 N–H and O–H groups in total. The fraction of sp³-hybridized carbons (Fsp3) is 0.250. The molecule has 0 aliphatic carbocycles. The number of halogens is 2. The molecule has 0 spiro atoms. The van der Waals surface area contributed by atoms with Crippen LogP contribution < -0.4 is 19.8 Å². The number of hydrogen-bond donors (Lipinski definition) is 0. The molecule has 0 fully saturated rings. The molecular weight excluding hydrogens is 744 g/mol. The second-order valence-corrected chi connectivity index (χ2v) is 12.8. The average Bonchev–Trinajstić information content (AvgIpc) is 3.06. The van der Waals surface area contributed by atoms with Gasteiger partial charge >= 0.3 is 0 Å². The monoisotopic (exact) mass is 776 g/mol. The standard InChI is InChI=1S/C36H34Br2N4O6/c1-6-46-30-16-22(5)28(18-27(30)21(3)4)35-40-29-11-9-8-10-26(29)36(43)41(35)39-19-24-17-31(47-7-2)34(33(38)32(24)37)48-20-23-12-14-25(15-13-23)42(44)45/h8-19,21H,6-7,20H2,1-5H3. The van der Waals surface area contributed by atoms with Gasteiger partial charge in [0, 0.05) is 27.7 Å². The summed E-state index contributed by atoms with van der Waals surface area (Å²) in [7, 11) is 0. The van der Waals surface area contributed by atoms with Gasteiger partial charge in [0.15, 0.2) is 17.3 Å². The van der Waals surface area contributed by atoms with E-state index < -0.39 is 4.92 Å². The Hall–Kier alpha value is -4.55. The number of nitrogens with zero attached hydrogens (tertiary/aromatic N) is 4. The van der Waals surface area contributed by atoms with E-state index in [0.717, 1.165) is 28.0 Å². The van der Waals surface area contributed by atoms with Gasteiger partial charge in [-0.25, -0.2) is 4.98 Å². The molecule has 1 aromatic heterocycles. The lowest BCUT2D eigenvalue weighted by molar-refractivity contribution is -0.384. The number of ether oxygens (including phenoxy) is 3. The highest BCUT2D eigenvalue weighted by molar-refractivity contribution is 9.13. The molecule has 10 nitrogen and oxygen atoms in total. The van der Waals surface area contributed by atoms with Crippen molar-refractivity contribution in [3.63, 3.8) is 0 Å². The van der Waals surface area contributed by atoms with Crippen LogP contribution in [0.1, 0.15) is 55.9 Å². The van der Waals surface area contributed by atoms with Crippen LogP contribution in [0.3, 0.4) is 0 Å². The predicted octanol–water partition coefficient (Wildman–Crippen LogP) is 9.19. The van der Waals surface area contributed by atoms with Gasteiger partial charge in [-0.15, -0.1) is 0 Å². The first kappa shape index (κ1) is 34.8. The van der Waals surface area contributed by atoms with Gasteiger partial charge in [-0.05, 0) is 118 Å². The number of para-hydroxylation sites is 1. The number of non-ortho nitro benzene ring substituents is 1. The summed E-state index contributed by atoms with van der Waals surface area (Å²) in [4.78, 5) is 29.5. The molecule has 48 heavy (non-hydrogen) atoms. The first-order valence-electron chi connectivity index (χ1n) is 15.4. The summed E-state index contributed by atoms with van der Waals surface area (Å²) in [5.74, 6) is 2.27. The van der Waals surface area contributed by atoms with Crippen LogP contribution in [-0.4, -0.2) is 34.0 Å². The second kappa shape index (κ2) is 15.1. The van der Waals surface area contributed by atoms with Crippen molar-refractivity contribution in [2.24, 2.45) is 5.10 Å². The first-order chi connectivity index (χ1) is 23.0. The van der Waals surface area contributed by atoms with Crippen molar-refractivity contribution in [2.45, 2.75) is 47.1 Å². The van der Waals surface area contributed by atoms with Crippen LogP contribution in [0, 0.1) is 17.0 Å². The van der Waals surface area contributed by atoms with Crippen molar-refractivity contribution in [1.82, 2.24) is 9.66 Å². The molecule has 5 rings (SSSR count). The van der Waals surface area contributed by atoms with Gasteiger partial charge in [-0.2, -0.15) is 9.78 Å². The van der Waals surface area contributed by atoms with E-state index in [9.17, 15) is 14.9 Å². The lowest BCUT2D eigenvalue weighted by atomic mass is 9.96. The van der Waals surface area contributed by atoms with E-state index in [1.54, 1.807) is 36.5 Å². The zero-order valence-electron chi connectivity index (χ0n) is 27.1. The summed E-state index contributed by atoms with van der Waals surface area (Å²) in [5.41, 5.74) is 4.30. The third-order valence-corrected chi connectivity index (χ3v) is 9.71. The lowest BCUT2D eigenvalue weighted by Crippen LogP contribution is -2.21. The Morgan fingerprint density at radius 1 is 0.958 bits per heavy atom. The molecule has 248 valence electrons. The fourth-order valence-electron chi connectivity index (χ4n) is 5.16. The van der Waals surface area contributed by atoms with Gasteiger partial charge in [0.1, 0.15) is 12.4 Å². The summed E-state index contributed by atoms with van der Waals surface area (Å²) in [5, 5.41) is 16.2. The number of fused-ring (bicyclic) bond motifs is 1. The molecular formula is C36H34Br2N4O6. The van der Waals surface area contributed by atoms with Crippen LogP contribution in [0.5, 0.6) is 17.2 Å². The Kier molecular flexibility index (Phi) is 11.0. The van der Waals surface area contributed by atoms with Gasteiger partial charge < -0.3 is 14.2 Å². The topological polar surface area (TPSA) is 118 Å².